The van der Waals surface area contributed by atoms with Crippen LogP contribution in [0.5, 0.6) is 0 Å². The highest BCUT2D eigenvalue weighted by Crippen LogP contribution is 2.07. The number of rotatable bonds is 22. The molecule has 0 aliphatic rings. The highest BCUT2D eigenvalue weighted by Gasteiger charge is 2.19. The summed E-state index contributed by atoms with van der Waals surface area (Å²) in [4.78, 5) is 78.4. The molecule has 2 N–H and O–H groups in total. The number of benzene rings is 2. The Morgan fingerprint density at radius 1 is 0.536 bits per heavy atom. The number of hydrogen-bond acceptors (Lipinski definition) is 12. The van der Waals surface area contributed by atoms with Gasteiger partial charge in [-0.2, -0.15) is 0 Å². The second-order valence-electron chi connectivity index (χ2n) is 13.5. The molecule has 2 aromatic carbocycles. The fourth-order valence-corrected chi connectivity index (χ4v) is 6.12. The zero-order chi connectivity index (χ0) is 40.5. The normalized spacial score (nSPS) is 11.2. The summed E-state index contributed by atoms with van der Waals surface area (Å²) >= 11 is 0. The Bertz CT molecular complexity index is 1960. The number of hydrogen-bond donors (Lipinski definition) is 2. The fourth-order valence-electron chi connectivity index (χ4n) is 6.12. The summed E-state index contributed by atoms with van der Waals surface area (Å²) in [7, 11) is 6.02. The number of carbonyl (C=O) groups is 2. The van der Waals surface area contributed by atoms with Crippen molar-refractivity contribution in [1.82, 2.24) is 28.1 Å². The summed E-state index contributed by atoms with van der Waals surface area (Å²) in [5.41, 5.74) is 0.726. The molecule has 0 aliphatic heterocycles. The number of aromatic nitrogens is 4. The van der Waals surface area contributed by atoms with E-state index < -0.39 is 34.4 Å². The fraction of sp³-hybridized carbons (Fsp3) is 0.450. The Morgan fingerprint density at radius 3 is 1.29 bits per heavy atom. The summed E-state index contributed by atoms with van der Waals surface area (Å²) < 4.78 is 15.4. The van der Waals surface area contributed by atoms with E-state index in [0.717, 1.165) is 34.8 Å². The van der Waals surface area contributed by atoms with Gasteiger partial charge in [-0.15, -0.1) is 0 Å². The first-order chi connectivity index (χ1) is 26.9. The summed E-state index contributed by atoms with van der Waals surface area (Å²) in [5.74, 6) is -1.35. The average molecular weight is 775 g/mol. The molecule has 0 bridgehead atoms. The van der Waals surface area contributed by atoms with Gasteiger partial charge in [-0.3, -0.25) is 37.7 Å². The smallest absolute Gasteiger partial charge is 0.417 e. The molecule has 0 saturated heterocycles. The highest BCUT2D eigenvalue weighted by molar-refractivity contribution is 6.29. The monoisotopic (exact) mass is 774 g/mol. The molecule has 2 aromatic heterocycles. The number of ether oxygens (including phenoxy) is 2. The molecule has 16 heteroatoms. The summed E-state index contributed by atoms with van der Waals surface area (Å²) in [6, 6.07) is 22.9. The molecule has 16 nitrogen and oxygen atoms in total. The lowest BCUT2D eigenvalue weighted by atomic mass is 10.1. The molecular formula is C40H54N8O8. The van der Waals surface area contributed by atoms with Gasteiger partial charge >= 0.3 is 23.3 Å². The van der Waals surface area contributed by atoms with E-state index in [1.807, 2.05) is 36.4 Å². The molecule has 0 unspecified atom stereocenters. The van der Waals surface area contributed by atoms with Crippen LogP contribution in [0.1, 0.15) is 24.0 Å². The Balaban J connectivity index is 1.26. The standard InChI is InChI=1S/C40H54N8O8/c1-43-33(29-35(49)45(3)39(43)53)41-19-23-47(21-11-17-31-13-7-5-8-14-31)25-27-55-37(51)38(52)56-28-26-48(22-12-18-32-15-9-6-10-16-32)24-20-42-34-30-36(50)46(4)40(54)44(34)2/h5-10,13-16,29-30,41-42H,11-12,17-28H2,1-4H3. The van der Waals surface area contributed by atoms with Gasteiger partial charge in [-0.25, -0.2) is 19.2 Å². The van der Waals surface area contributed by atoms with Crippen molar-refractivity contribution in [2.75, 3.05) is 76.2 Å². The number of anilines is 2. The van der Waals surface area contributed by atoms with Gasteiger partial charge < -0.3 is 20.1 Å². The maximum absolute atomic E-state index is 12.6. The van der Waals surface area contributed by atoms with Crippen LogP contribution in [-0.2, 0) is 60.1 Å². The van der Waals surface area contributed by atoms with Crippen LogP contribution in [-0.4, -0.2) is 106 Å². The van der Waals surface area contributed by atoms with Crippen molar-refractivity contribution in [3.8, 4) is 0 Å². The molecular weight excluding hydrogens is 720 g/mol. The van der Waals surface area contributed by atoms with E-state index >= 15 is 0 Å². The Kier molecular flexibility index (Phi) is 16.9. The van der Waals surface area contributed by atoms with Gasteiger partial charge in [-0.05, 0) is 49.9 Å². The third-order valence-corrected chi connectivity index (χ3v) is 9.53. The van der Waals surface area contributed by atoms with Crippen molar-refractivity contribution >= 4 is 23.6 Å². The molecule has 302 valence electrons. The molecule has 0 aliphatic carbocycles. The van der Waals surface area contributed by atoms with Gasteiger partial charge in [0.05, 0.1) is 0 Å². The number of esters is 2. The predicted octanol–water partition coefficient (Wildman–Crippen LogP) is 0.961. The number of aryl methyl sites for hydroxylation is 2. The van der Waals surface area contributed by atoms with Crippen LogP contribution in [0.2, 0.25) is 0 Å². The summed E-state index contributed by atoms with van der Waals surface area (Å²) in [5, 5.41) is 6.30. The van der Waals surface area contributed by atoms with Gasteiger partial charge in [0.2, 0.25) is 0 Å². The van der Waals surface area contributed by atoms with Crippen LogP contribution < -0.4 is 33.1 Å². The molecule has 0 saturated carbocycles. The van der Waals surface area contributed by atoms with E-state index in [2.05, 4.69) is 44.7 Å². The minimum absolute atomic E-state index is 0.0357. The van der Waals surface area contributed by atoms with E-state index in [1.165, 1.54) is 46.5 Å². The van der Waals surface area contributed by atoms with Gasteiger partial charge in [-0.1, -0.05) is 60.7 Å². The van der Waals surface area contributed by atoms with E-state index in [0.29, 0.717) is 64.0 Å². The molecule has 4 rings (SSSR count). The maximum atomic E-state index is 12.6. The lowest BCUT2D eigenvalue weighted by molar-refractivity contribution is -0.168. The van der Waals surface area contributed by atoms with Crippen molar-refractivity contribution in [3.05, 3.63) is 126 Å². The van der Waals surface area contributed by atoms with Crippen LogP contribution in [0.4, 0.5) is 11.6 Å². The molecule has 0 radical (unpaired) electrons. The average Bonchev–Trinajstić information content (AvgIpc) is 3.20. The zero-order valence-electron chi connectivity index (χ0n) is 32.8. The molecule has 2 heterocycles. The molecule has 0 fully saturated rings. The minimum atomic E-state index is -1.08. The summed E-state index contributed by atoms with van der Waals surface area (Å²) in [6.45, 7) is 3.87. The third-order valence-electron chi connectivity index (χ3n) is 9.53. The molecule has 0 amide bonds. The predicted molar refractivity (Wildman–Crippen MR) is 215 cm³/mol. The molecule has 0 atom stereocenters. The maximum Gasteiger partial charge on any atom is 0.417 e. The SMILES string of the molecule is Cn1c(NCCN(CCCc2ccccc2)CCOC(=O)C(=O)OCCN(CCCc2ccccc2)CCNc2cc(=O)n(C)c(=O)n2C)cc(=O)n(C)c1=O. The lowest BCUT2D eigenvalue weighted by Gasteiger charge is -2.23. The largest absolute Gasteiger partial charge is 0.456 e. The van der Waals surface area contributed by atoms with Crippen molar-refractivity contribution in [2.24, 2.45) is 28.2 Å². The van der Waals surface area contributed by atoms with E-state index in [9.17, 15) is 28.8 Å². The van der Waals surface area contributed by atoms with Gasteiger partial charge in [0.25, 0.3) is 11.1 Å². The van der Waals surface area contributed by atoms with E-state index in [4.69, 9.17) is 9.47 Å². The van der Waals surface area contributed by atoms with Gasteiger partial charge in [0, 0.05) is 79.6 Å². The second kappa shape index (κ2) is 22.0. The van der Waals surface area contributed by atoms with Crippen LogP contribution in [0.25, 0.3) is 0 Å². The molecule has 4 aromatic rings. The van der Waals surface area contributed by atoms with E-state index in [1.54, 1.807) is 14.1 Å². The molecule has 56 heavy (non-hydrogen) atoms. The lowest BCUT2D eigenvalue weighted by Crippen LogP contribution is -2.39. The van der Waals surface area contributed by atoms with Crippen molar-refractivity contribution in [3.63, 3.8) is 0 Å². The number of nitrogens with one attached hydrogen (secondary N) is 2. The molecule has 0 spiro atoms. The summed E-state index contributed by atoms with van der Waals surface area (Å²) in [6.07, 6.45) is 3.38. The first kappa shape index (κ1) is 43.0. The first-order valence-corrected chi connectivity index (χ1v) is 18.8. The Morgan fingerprint density at radius 2 is 0.911 bits per heavy atom. The topological polar surface area (TPSA) is 171 Å². The highest BCUT2D eigenvalue weighted by atomic mass is 16.6. The van der Waals surface area contributed by atoms with Gasteiger partial charge in [0.15, 0.2) is 0 Å². The van der Waals surface area contributed by atoms with Crippen molar-refractivity contribution in [1.29, 1.82) is 0 Å². The Labute approximate surface area is 325 Å². The van der Waals surface area contributed by atoms with Crippen molar-refractivity contribution in [2.45, 2.75) is 25.7 Å². The quantitative estimate of drug-likeness (QED) is 0.0858. The van der Waals surface area contributed by atoms with Crippen LogP contribution in [0, 0.1) is 0 Å². The van der Waals surface area contributed by atoms with Crippen molar-refractivity contribution < 1.29 is 19.1 Å². The van der Waals surface area contributed by atoms with Crippen LogP contribution >= 0.6 is 0 Å². The zero-order valence-corrected chi connectivity index (χ0v) is 32.8. The van der Waals surface area contributed by atoms with Crippen LogP contribution in [0.15, 0.2) is 92.0 Å². The number of nitrogens with zero attached hydrogens (tertiary/aromatic N) is 6. The van der Waals surface area contributed by atoms with E-state index in [-0.39, 0.29) is 13.2 Å². The van der Waals surface area contributed by atoms with Crippen LogP contribution in [0.3, 0.4) is 0 Å². The first-order valence-electron chi connectivity index (χ1n) is 18.8. The Hall–Kier alpha value is -5.74. The minimum Gasteiger partial charge on any atom is -0.456 e. The second-order valence-corrected chi connectivity index (χ2v) is 13.5. The third kappa shape index (κ3) is 13.2. The number of carbonyl (C=O) groups excluding carboxylic acids is 2. The van der Waals surface area contributed by atoms with Gasteiger partial charge in [0.1, 0.15) is 24.8 Å².